The van der Waals surface area contributed by atoms with Crippen LogP contribution in [-0.4, -0.2) is 14.6 Å². The highest BCUT2D eigenvalue weighted by Gasteiger charge is 1.93. The Kier molecular flexibility index (Phi) is 1.04. The Labute approximate surface area is 59.8 Å². The van der Waals surface area contributed by atoms with Gasteiger partial charge in [-0.15, -0.1) is 0 Å². The third kappa shape index (κ3) is 0.714. The van der Waals surface area contributed by atoms with Gasteiger partial charge >= 0.3 is 0 Å². The Bertz CT molecular complexity index is 404. The highest BCUT2D eigenvalue weighted by atomic mass is 32.1. The molecular weight excluding hydrogens is 150 g/mol. The molecule has 2 rings (SSSR count). The van der Waals surface area contributed by atoms with E-state index in [1.807, 2.05) is 0 Å². The van der Waals surface area contributed by atoms with Gasteiger partial charge in [-0.25, -0.2) is 4.52 Å². The molecule has 5 heteroatoms. The van der Waals surface area contributed by atoms with Crippen molar-refractivity contribution in [3.05, 3.63) is 28.1 Å². The Hall–Kier alpha value is -1.23. The molecule has 0 atom stereocenters. The van der Waals surface area contributed by atoms with Gasteiger partial charge in [0.2, 0.25) is 4.96 Å². The maximum absolute atomic E-state index is 10.6. The molecule has 0 unspecified atom stereocenters. The van der Waals surface area contributed by atoms with Gasteiger partial charge in [-0.05, 0) is 0 Å². The van der Waals surface area contributed by atoms with E-state index in [2.05, 4.69) is 16.1 Å². The van der Waals surface area contributed by atoms with Crippen molar-refractivity contribution in [2.24, 2.45) is 0 Å². The second kappa shape index (κ2) is 1.88. The second-order valence-electron chi connectivity index (χ2n) is 1.66. The third-order valence-electron chi connectivity index (χ3n) is 1.03. The van der Waals surface area contributed by atoms with E-state index in [0.29, 0.717) is 4.96 Å². The van der Waals surface area contributed by atoms with Gasteiger partial charge in [-0.2, -0.15) is 10.1 Å². The van der Waals surface area contributed by atoms with Crippen LogP contribution in [0.15, 0.2) is 16.5 Å². The molecule has 2 heterocycles. The van der Waals surface area contributed by atoms with E-state index >= 15 is 0 Å². The van der Waals surface area contributed by atoms with Crippen molar-refractivity contribution in [1.29, 1.82) is 0 Å². The van der Waals surface area contributed by atoms with Gasteiger partial charge in [0.1, 0.15) is 5.51 Å². The monoisotopic (exact) mass is 152 g/mol. The van der Waals surface area contributed by atoms with Crippen molar-refractivity contribution in [1.82, 2.24) is 14.6 Å². The molecule has 0 N–H and O–H groups in total. The van der Waals surface area contributed by atoms with Gasteiger partial charge in [0.05, 0.1) is 6.07 Å². The van der Waals surface area contributed by atoms with E-state index in [1.165, 1.54) is 22.0 Å². The van der Waals surface area contributed by atoms with Crippen LogP contribution in [0.4, 0.5) is 0 Å². The lowest BCUT2D eigenvalue weighted by Gasteiger charge is -1.83. The third-order valence-corrected chi connectivity index (χ3v) is 1.72. The van der Waals surface area contributed by atoms with Crippen molar-refractivity contribution in [3.63, 3.8) is 0 Å². The fourth-order valence-corrected chi connectivity index (χ4v) is 1.21. The molecule has 10 heavy (non-hydrogen) atoms. The first-order chi connectivity index (χ1) is 4.86. The van der Waals surface area contributed by atoms with E-state index in [-0.39, 0.29) is 5.56 Å². The highest BCUT2D eigenvalue weighted by Crippen LogP contribution is 2.00. The Morgan fingerprint density at radius 1 is 1.70 bits per heavy atom. The first-order valence-electron chi connectivity index (χ1n) is 2.57. The molecule has 0 aliphatic carbocycles. The average molecular weight is 152 g/mol. The van der Waals surface area contributed by atoms with Crippen LogP contribution in [0.1, 0.15) is 0 Å². The second-order valence-corrected chi connectivity index (χ2v) is 2.47. The number of fused-ring (bicyclic) bond motifs is 1. The predicted molar refractivity (Wildman–Crippen MR) is 36.0 cm³/mol. The zero-order chi connectivity index (χ0) is 6.97. The zero-order valence-corrected chi connectivity index (χ0v) is 5.63. The molecule has 0 amide bonds. The fourth-order valence-electron chi connectivity index (χ4n) is 0.627. The van der Waals surface area contributed by atoms with Gasteiger partial charge in [0.15, 0.2) is 0 Å². The van der Waals surface area contributed by atoms with Crippen molar-refractivity contribution in [3.8, 4) is 0 Å². The van der Waals surface area contributed by atoms with Crippen molar-refractivity contribution >= 4 is 16.3 Å². The van der Waals surface area contributed by atoms with Gasteiger partial charge in [0, 0.05) is 6.20 Å². The summed E-state index contributed by atoms with van der Waals surface area (Å²) < 4.78 is 1.51. The first kappa shape index (κ1) is 5.55. The van der Waals surface area contributed by atoms with E-state index in [1.54, 1.807) is 5.51 Å². The number of aromatic nitrogens is 3. The van der Waals surface area contributed by atoms with E-state index in [9.17, 15) is 4.79 Å². The summed E-state index contributed by atoms with van der Waals surface area (Å²) in [6.45, 7) is 0. The summed E-state index contributed by atoms with van der Waals surface area (Å²) in [6.07, 6.45) is 1.47. The Morgan fingerprint density at radius 3 is 3.50 bits per heavy atom. The standard InChI is InChI=1S/C5H2N3OS/c9-4-1-2-8-5(7-4)10-3-6-8/h2-3H. The lowest BCUT2D eigenvalue weighted by molar-refractivity contribution is 0.929. The minimum Gasteiger partial charge on any atom is -0.267 e. The van der Waals surface area contributed by atoms with Gasteiger partial charge < -0.3 is 0 Å². The van der Waals surface area contributed by atoms with E-state index < -0.39 is 0 Å². The van der Waals surface area contributed by atoms with E-state index in [4.69, 9.17) is 0 Å². The van der Waals surface area contributed by atoms with Gasteiger partial charge in [-0.1, -0.05) is 11.3 Å². The Balaban J connectivity index is 2.99. The SMILES string of the molecule is O=c1[c]cn2ncsc2n1. The molecule has 0 aliphatic rings. The number of hydrogen-bond acceptors (Lipinski definition) is 4. The maximum atomic E-state index is 10.6. The van der Waals surface area contributed by atoms with E-state index in [0.717, 1.165) is 0 Å². The summed E-state index contributed by atoms with van der Waals surface area (Å²) in [5, 5.41) is 3.86. The number of nitrogens with zero attached hydrogens (tertiary/aromatic N) is 3. The molecule has 49 valence electrons. The summed E-state index contributed by atoms with van der Waals surface area (Å²) in [6, 6.07) is 2.40. The quantitative estimate of drug-likeness (QED) is 0.531. The molecule has 0 fully saturated rings. The largest absolute Gasteiger partial charge is 0.282 e. The topological polar surface area (TPSA) is 47.3 Å². The molecule has 2 aromatic rings. The van der Waals surface area contributed by atoms with Crippen LogP contribution in [0.3, 0.4) is 0 Å². The summed E-state index contributed by atoms with van der Waals surface area (Å²) in [5.74, 6) is 0. The van der Waals surface area contributed by atoms with Crippen LogP contribution < -0.4 is 5.56 Å². The minimum atomic E-state index is -0.343. The molecule has 1 radical (unpaired) electrons. The predicted octanol–water partition coefficient (Wildman–Crippen LogP) is -0.0488. The molecule has 0 bridgehead atoms. The smallest absolute Gasteiger partial charge is 0.267 e. The van der Waals surface area contributed by atoms with Crippen LogP contribution in [0.25, 0.3) is 4.96 Å². The summed E-state index contributed by atoms with van der Waals surface area (Å²) in [5.41, 5.74) is 1.28. The average Bonchev–Trinajstić information content (AvgIpc) is 2.33. The molecule has 0 aliphatic heterocycles. The Morgan fingerprint density at radius 2 is 2.60 bits per heavy atom. The molecule has 0 saturated carbocycles. The lowest BCUT2D eigenvalue weighted by Crippen LogP contribution is -2.05. The lowest BCUT2D eigenvalue weighted by atomic mass is 10.7. The summed E-state index contributed by atoms with van der Waals surface area (Å²) >= 11 is 1.32. The summed E-state index contributed by atoms with van der Waals surface area (Å²) in [7, 11) is 0. The first-order valence-corrected chi connectivity index (χ1v) is 3.45. The molecule has 2 aromatic heterocycles. The molecular formula is C5H2N3OS. The fraction of sp³-hybridized carbons (Fsp3) is 0. The molecule has 0 aromatic carbocycles. The van der Waals surface area contributed by atoms with Crippen molar-refractivity contribution in [2.45, 2.75) is 0 Å². The zero-order valence-electron chi connectivity index (χ0n) is 4.81. The van der Waals surface area contributed by atoms with Crippen molar-refractivity contribution < 1.29 is 0 Å². The molecule has 4 nitrogen and oxygen atoms in total. The maximum Gasteiger partial charge on any atom is 0.282 e. The van der Waals surface area contributed by atoms with Crippen LogP contribution in [0, 0.1) is 6.07 Å². The summed E-state index contributed by atoms with van der Waals surface area (Å²) in [4.78, 5) is 14.8. The van der Waals surface area contributed by atoms with Crippen molar-refractivity contribution in [2.75, 3.05) is 0 Å². The van der Waals surface area contributed by atoms with Gasteiger partial charge in [-0.3, -0.25) is 4.79 Å². The van der Waals surface area contributed by atoms with Gasteiger partial charge in [0.25, 0.3) is 5.56 Å². The number of rotatable bonds is 0. The van der Waals surface area contributed by atoms with Crippen LogP contribution in [0.5, 0.6) is 0 Å². The highest BCUT2D eigenvalue weighted by molar-refractivity contribution is 7.14. The number of hydrogen-bond donors (Lipinski definition) is 0. The van der Waals surface area contributed by atoms with Crippen LogP contribution in [-0.2, 0) is 0 Å². The molecule has 0 saturated heterocycles. The van der Waals surface area contributed by atoms with Crippen LogP contribution >= 0.6 is 11.3 Å². The normalized spacial score (nSPS) is 10.4. The minimum absolute atomic E-state index is 0.343. The van der Waals surface area contributed by atoms with Crippen LogP contribution in [0.2, 0.25) is 0 Å². The molecule has 0 spiro atoms.